The quantitative estimate of drug-likeness (QED) is 0.665. The first-order chi connectivity index (χ1) is 12.0. The summed E-state index contributed by atoms with van der Waals surface area (Å²) in [6.45, 7) is 4.27. The number of nitrogens with one attached hydrogen (secondary N) is 1. The number of hydrogen-bond acceptors (Lipinski definition) is 4. The van der Waals surface area contributed by atoms with Crippen LogP contribution in [0.3, 0.4) is 0 Å². The number of anilines is 1. The Hall–Kier alpha value is -2.37. The Kier molecular flexibility index (Phi) is 5.36. The second-order valence-electron chi connectivity index (χ2n) is 5.61. The minimum atomic E-state index is -0.235. The van der Waals surface area contributed by atoms with Crippen LogP contribution in [0.1, 0.15) is 26.6 Å². The molecule has 3 aromatic rings. The fourth-order valence-corrected chi connectivity index (χ4v) is 3.15. The summed E-state index contributed by atoms with van der Waals surface area (Å²) in [6.07, 6.45) is 0. The van der Waals surface area contributed by atoms with E-state index in [1.807, 2.05) is 37.4 Å². The summed E-state index contributed by atoms with van der Waals surface area (Å²) in [6, 6.07) is 12.5. The first kappa shape index (κ1) is 17.5. The van der Waals surface area contributed by atoms with E-state index in [4.69, 9.17) is 16.3 Å². The van der Waals surface area contributed by atoms with Crippen molar-refractivity contribution in [2.24, 2.45) is 0 Å². The minimum Gasteiger partial charge on any atom is -0.487 e. The fourth-order valence-electron chi connectivity index (χ4n) is 2.27. The van der Waals surface area contributed by atoms with Gasteiger partial charge in [0.05, 0.1) is 21.4 Å². The van der Waals surface area contributed by atoms with Gasteiger partial charge >= 0.3 is 0 Å². The molecule has 25 heavy (non-hydrogen) atoms. The van der Waals surface area contributed by atoms with Crippen LogP contribution in [0.15, 0.2) is 47.8 Å². The van der Waals surface area contributed by atoms with Gasteiger partial charge in [0, 0.05) is 10.9 Å². The average Bonchev–Trinajstić information content (AvgIpc) is 3.01. The number of carbonyl (C=O) groups excluding carboxylic acids is 1. The molecule has 1 aromatic heterocycles. The summed E-state index contributed by atoms with van der Waals surface area (Å²) in [7, 11) is 0. The second-order valence-corrected chi connectivity index (χ2v) is 7.08. The van der Waals surface area contributed by atoms with E-state index in [0.29, 0.717) is 28.6 Å². The van der Waals surface area contributed by atoms with Crippen LogP contribution in [0, 0.1) is 13.8 Å². The van der Waals surface area contributed by atoms with Crippen molar-refractivity contribution >= 4 is 34.5 Å². The number of ether oxygens (including phenoxy) is 1. The molecule has 0 unspecified atom stereocenters. The number of thiazole rings is 1. The van der Waals surface area contributed by atoms with Gasteiger partial charge in [0.15, 0.2) is 0 Å². The molecular formula is C19H17ClN2O2S. The molecule has 128 valence electrons. The van der Waals surface area contributed by atoms with Gasteiger partial charge in [-0.15, -0.1) is 11.3 Å². The summed E-state index contributed by atoms with van der Waals surface area (Å²) >= 11 is 7.75. The molecule has 0 aliphatic rings. The van der Waals surface area contributed by atoms with Crippen LogP contribution < -0.4 is 10.1 Å². The molecule has 0 atom stereocenters. The molecule has 1 heterocycles. The molecule has 1 amide bonds. The summed E-state index contributed by atoms with van der Waals surface area (Å²) in [5.74, 6) is 0.383. The molecule has 4 nitrogen and oxygen atoms in total. The number of rotatable bonds is 5. The highest BCUT2D eigenvalue weighted by atomic mass is 35.5. The molecule has 0 fully saturated rings. The number of aromatic nitrogens is 1. The van der Waals surface area contributed by atoms with Crippen LogP contribution in [-0.2, 0) is 6.61 Å². The van der Waals surface area contributed by atoms with Gasteiger partial charge in [0.1, 0.15) is 12.4 Å². The van der Waals surface area contributed by atoms with Gasteiger partial charge in [-0.05, 0) is 49.7 Å². The monoisotopic (exact) mass is 372 g/mol. The van der Waals surface area contributed by atoms with Crippen LogP contribution in [-0.4, -0.2) is 10.9 Å². The topological polar surface area (TPSA) is 51.2 Å². The number of amides is 1. The Morgan fingerprint density at radius 3 is 2.80 bits per heavy atom. The maximum Gasteiger partial charge on any atom is 0.255 e. The molecule has 0 radical (unpaired) electrons. The highest BCUT2D eigenvalue weighted by Crippen LogP contribution is 2.24. The maximum atomic E-state index is 12.4. The van der Waals surface area contributed by atoms with Gasteiger partial charge in [-0.2, -0.15) is 0 Å². The molecule has 2 aromatic carbocycles. The standard InChI is InChI=1S/C19H17ClN2O2S/c1-12-6-7-18(17(20)8-12)22-19(23)14-4-3-5-16(9-14)24-10-15-11-25-13(2)21-15/h3-9,11H,10H2,1-2H3,(H,22,23). The zero-order valence-corrected chi connectivity index (χ0v) is 15.4. The van der Waals surface area contributed by atoms with Gasteiger partial charge in [-0.3, -0.25) is 4.79 Å². The van der Waals surface area contributed by atoms with E-state index in [1.165, 1.54) is 0 Å². The predicted octanol–water partition coefficient (Wildman–Crippen LogP) is 5.24. The number of benzene rings is 2. The second kappa shape index (κ2) is 7.68. The fraction of sp³-hybridized carbons (Fsp3) is 0.158. The van der Waals surface area contributed by atoms with E-state index >= 15 is 0 Å². The lowest BCUT2D eigenvalue weighted by Gasteiger charge is -2.09. The molecule has 0 spiro atoms. The predicted molar refractivity (Wildman–Crippen MR) is 102 cm³/mol. The van der Waals surface area contributed by atoms with Crippen LogP contribution in [0.5, 0.6) is 5.75 Å². The average molecular weight is 373 g/mol. The first-order valence-electron chi connectivity index (χ1n) is 7.72. The SMILES string of the molecule is Cc1ccc(NC(=O)c2cccc(OCc3csc(C)n3)c2)c(Cl)c1. The zero-order valence-electron chi connectivity index (χ0n) is 13.9. The molecule has 0 saturated carbocycles. The highest BCUT2D eigenvalue weighted by molar-refractivity contribution is 7.09. The molecule has 0 saturated heterocycles. The highest BCUT2D eigenvalue weighted by Gasteiger charge is 2.10. The summed E-state index contributed by atoms with van der Waals surface area (Å²) in [4.78, 5) is 16.8. The number of carbonyl (C=O) groups is 1. The van der Waals surface area contributed by atoms with E-state index in [0.717, 1.165) is 16.3 Å². The normalized spacial score (nSPS) is 10.5. The number of nitrogens with zero attached hydrogens (tertiary/aromatic N) is 1. The van der Waals surface area contributed by atoms with Crippen molar-refractivity contribution < 1.29 is 9.53 Å². The molecule has 0 bridgehead atoms. The Bertz CT molecular complexity index is 908. The third-order valence-electron chi connectivity index (χ3n) is 3.52. The lowest BCUT2D eigenvalue weighted by atomic mass is 10.2. The summed E-state index contributed by atoms with van der Waals surface area (Å²) in [5.41, 5.74) is 3.00. The van der Waals surface area contributed by atoms with Crippen LogP contribution >= 0.6 is 22.9 Å². The molecular weight excluding hydrogens is 356 g/mol. The van der Waals surface area contributed by atoms with Crippen LogP contribution in [0.4, 0.5) is 5.69 Å². The molecule has 3 rings (SSSR count). The van der Waals surface area contributed by atoms with Crippen molar-refractivity contribution in [2.75, 3.05) is 5.32 Å². The van der Waals surface area contributed by atoms with Crippen molar-refractivity contribution in [3.8, 4) is 5.75 Å². The van der Waals surface area contributed by atoms with Crippen molar-refractivity contribution in [3.63, 3.8) is 0 Å². The Morgan fingerprint density at radius 2 is 2.08 bits per heavy atom. The van der Waals surface area contributed by atoms with E-state index in [9.17, 15) is 4.79 Å². The third-order valence-corrected chi connectivity index (χ3v) is 4.66. The van der Waals surface area contributed by atoms with E-state index < -0.39 is 0 Å². The first-order valence-corrected chi connectivity index (χ1v) is 8.98. The smallest absolute Gasteiger partial charge is 0.255 e. The molecule has 0 aliphatic heterocycles. The number of aryl methyl sites for hydroxylation is 2. The largest absolute Gasteiger partial charge is 0.487 e. The van der Waals surface area contributed by atoms with Gasteiger partial charge in [-0.1, -0.05) is 23.7 Å². The Balaban J connectivity index is 1.68. The number of hydrogen-bond donors (Lipinski definition) is 1. The van der Waals surface area contributed by atoms with Gasteiger partial charge in [0.25, 0.3) is 5.91 Å². The lowest BCUT2D eigenvalue weighted by Crippen LogP contribution is -2.12. The van der Waals surface area contributed by atoms with Crippen LogP contribution in [0.2, 0.25) is 5.02 Å². The summed E-state index contributed by atoms with van der Waals surface area (Å²) in [5, 5.41) is 6.30. The minimum absolute atomic E-state index is 0.235. The van der Waals surface area contributed by atoms with Crippen molar-refractivity contribution in [3.05, 3.63) is 74.7 Å². The van der Waals surface area contributed by atoms with E-state index in [2.05, 4.69) is 10.3 Å². The van der Waals surface area contributed by atoms with Gasteiger partial charge in [-0.25, -0.2) is 4.98 Å². The molecule has 1 N–H and O–H groups in total. The van der Waals surface area contributed by atoms with Gasteiger partial charge < -0.3 is 10.1 Å². The van der Waals surface area contributed by atoms with E-state index in [-0.39, 0.29) is 5.91 Å². The van der Waals surface area contributed by atoms with Crippen molar-refractivity contribution in [1.29, 1.82) is 0 Å². The maximum absolute atomic E-state index is 12.4. The lowest BCUT2D eigenvalue weighted by molar-refractivity contribution is 0.102. The molecule has 0 aliphatic carbocycles. The van der Waals surface area contributed by atoms with Crippen molar-refractivity contribution in [1.82, 2.24) is 4.98 Å². The zero-order chi connectivity index (χ0) is 17.8. The number of halogens is 1. The summed E-state index contributed by atoms with van der Waals surface area (Å²) < 4.78 is 5.72. The third kappa shape index (κ3) is 4.59. The molecule has 6 heteroatoms. The Labute approximate surface area is 155 Å². The van der Waals surface area contributed by atoms with Crippen molar-refractivity contribution in [2.45, 2.75) is 20.5 Å². The van der Waals surface area contributed by atoms with Gasteiger partial charge in [0.2, 0.25) is 0 Å². The van der Waals surface area contributed by atoms with E-state index in [1.54, 1.807) is 35.6 Å². The van der Waals surface area contributed by atoms with Crippen LogP contribution in [0.25, 0.3) is 0 Å². The Morgan fingerprint density at radius 1 is 1.24 bits per heavy atom.